The maximum absolute atomic E-state index is 6.14. The highest BCUT2D eigenvalue weighted by molar-refractivity contribution is 7.09. The van der Waals surface area contributed by atoms with Gasteiger partial charge in [0.05, 0.1) is 18.2 Å². The van der Waals surface area contributed by atoms with Crippen molar-refractivity contribution < 1.29 is 4.74 Å². The highest BCUT2D eigenvalue weighted by Gasteiger charge is 2.18. The first kappa shape index (κ1) is 15.3. The Labute approximate surface area is 125 Å². The minimum Gasteiger partial charge on any atom is -0.371 e. The molecule has 0 radical (unpaired) electrons. The lowest BCUT2D eigenvalue weighted by Gasteiger charge is -2.19. The van der Waals surface area contributed by atoms with Gasteiger partial charge in [0.2, 0.25) is 0 Å². The van der Waals surface area contributed by atoms with Crippen LogP contribution in [0.1, 0.15) is 68.7 Å². The molecule has 1 aromatic rings. The molecule has 1 aromatic heterocycles. The van der Waals surface area contributed by atoms with Crippen molar-refractivity contribution in [2.75, 3.05) is 6.61 Å². The molecule has 0 amide bonds. The van der Waals surface area contributed by atoms with E-state index in [0.29, 0.717) is 5.88 Å². The van der Waals surface area contributed by atoms with E-state index in [1.807, 2.05) is 5.38 Å². The molecule has 0 spiro atoms. The van der Waals surface area contributed by atoms with E-state index >= 15 is 0 Å². The molecule has 1 unspecified atom stereocenters. The van der Waals surface area contributed by atoms with Crippen LogP contribution in [0.2, 0.25) is 0 Å². The van der Waals surface area contributed by atoms with Crippen LogP contribution >= 0.6 is 22.9 Å². The van der Waals surface area contributed by atoms with Gasteiger partial charge < -0.3 is 4.74 Å². The first-order valence-corrected chi connectivity index (χ1v) is 8.86. The van der Waals surface area contributed by atoms with Crippen molar-refractivity contribution in [3.63, 3.8) is 0 Å². The molecule has 1 fully saturated rings. The molecule has 1 aliphatic rings. The van der Waals surface area contributed by atoms with E-state index in [9.17, 15) is 0 Å². The number of rotatable bonds is 6. The van der Waals surface area contributed by atoms with Crippen LogP contribution in [-0.4, -0.2) is 11.6 Å². The van der Waals surface area contributed by atoms with Crippen molar-refractivity contribution in [3.05, 3.63) is 16.1 Å². The zero-order chi connectivity index (χ0) is 13.5. The second-order valence-electron chi connectivity index (χ2n) is 5.40. The molecule has 1 aliphatic carbocycles. The van der Waals surface area contributed by atoms with Crippen molar-refractivity contribution in [2.45, 2.75) is 63.9 Å². The summed E-state index contributed by atoms with van der Waals surface area (Å²) in [5.74, 6) is 1.25. The number of hydrogen-bond donors (Lipinski definition) is 0. The summed E-state index contributed by atoms with van der Waals surface area (Å²) in [5.41, 5.74) is 0.971. The fraction of sp³-hybridized carbons (Fsp3) is 0.800. The quantitative estimate of drug-likeness (QED) is 0.524. The summed E-state index contributed by atoms with van der Waals surface area (Å²) in [6, 6.07) is 0. The Morgan fingerprint density at radius 3 is 2.68 bits per heavy atom. The third-order valence-electron chi connectivity index (χ3n) is 3.86. The van der Waals surface area contributed by atoms with E-state index in [1.54, 1.807) is 11.3 Å². The molecule has 2 nitrogen and oxygen atoms in total. The van der Waals surface area contributed by atoms with Crippen molar-refractivity contribution in [2.24, 2.45) is 5.92 Å². The van der Waals surface area contributed by atoms with Crippen molar-refractivity contribution in [3.8, 4) is 0 Å². The molecule has 0 aromatic carbocycles. The van der Waals surface area contributed by atoms with Crippen LogP contribution in [0, 0.1) is 5.92 Å². The van der Waals surface area contributed by atoms with E-state index in [0.717, 1.165) is 29.6 Å². The van der Waals surface area contributed by atoms with Crippen LogP contribution in [0.3, 0.4) is 0 Å². The third-order valence-corrected chi connectivity index (χ3v) is 5.12. The summed E-state index contributed by atoms with van der Waals surface area (Å²) < 4.78 is 6.14. The second kappa shape index (κ2) is 8.23. The molecule has 108 valence electrons. The summed E-state index contributed by atoms with van der Waals surface area (Å²) >= 11 is 7.49. The lowest BCUT2D eigenvalue weighted by molar-refractivity contribution is 0.0222. The average Bonchev–Trinajstić information content (AvgIpc) is 2.76. The van der Waals surface area contributed by atoms with Gasteiger partial charge >= 0.3 is 0 Å². The lowest BCUT2D eigenvalue weighted by atomic mass is 10.0. The van der Waals surface area contributed by atoms with Crippen molar-refractivity contribution >= 4 is 22.9 Å². The topological polar surface area (TPSA) is 22.1 Å². The molecular weight excluding hydrogens is 278 g/mol. The van der Waals surface area contributed by atoms with Crippen LogP contribution in [0.4, 0.5) is 0 Å². The summed E-state index contributed by atoms with van der Waals surface area (Å²) in [4.78, 5) is 4.54. The molecule has 0 aliphatic heterocycles. The fourth-order valence-electron chi connectivity index (χ4n) is 2.68. The fourth-order valence-corrected chi connectivity index (χ4v) is 3.86. The van der Waals surface area contributed by atoms with Gasteiger partial charge in [0.15, 0.2) is 0 Å². The Bertz CT molecular complexity index is 361. The molecule has 0 bridgehead atoms. The Morgan fingerprint density at radius 2 is 2.11 bits per heavy atom. The lowest BCUT2D eigenvalue weighted by Crippen LogP contribution is -2.12. The predicted molar refractivity (Wildman–Crippen MR) is 81.8 cm³/mol. The monoisotopic (exact) mass is 301 g/mol. The van der Waals surface area contributed by atoms with Gasteiger partial charge in [-0.05, 0) is 25.2 Å². The largest absolute Gasteiger partial charge is 0.371 e. The van der Waals surface area contributed by atoms with Crippen LogP contribution in [0.5, 0.6) is 0 Å². The van der Waals surface area contributed by atoms with E-state index < -0.39 is 0 Å². The smallest absolute Gasteiger partial charge is 0.122 e. The Morgan fingerprint density at radius 1 is 1.37 bits per heavy atom. The van der Waals surface area contributed by atoms with Gasteiger partial charge in [0, 0.05) is 5.38 Å². The normalized spacial score (nSPS) is 19.3. The molecule has 0 saturated heterocycles. The minimum absolute atomic E-state index is 0.158. The molecule has 1 atom stereocenters. The number of alkyl halides is 1. The van der Waals surface area contributed by atoms with E-state index in [1.165, 1.54) is 38.5 Å². The number of thiazole rings is 1. The van der Waals surface area contributed by atoms with Gasteiger partial charge in [-0.25, -0.2) is 4.98 Å². The van der Waals surface area contributed by atoms with Crippen LogP contribution < -0.4 is 0 Å². The van der Waals surface area contributed by atoms with E-state index in [4.69, 9.17) is 16.3 Å². The first-order chi connectivity index (χ1) is 9.33. The molecule has 1 heterocycles. The Kier molecular flexibility index (Phi) is 6.62. The summed E-state index contributed by atoms with van der Waals surface area (Å²) in [7, 11) is 0. The SMILES string of the molecule is CCC(OCC1CCCCCC1)c1nc(CCl)cs1. The summed E-state index contributed by atoms with van der Waals surface area (Å²) in [6.45, 7) is 3.06. The standard InChI is InChI=1S/C15H24ClNOS/c1-2-14(15-17-13(9-16)11-19-15)18-10-12-7-5-3-4-6-8-12/h11-12,14H,2-10H2,1H3. The molecule has 1 saturated carbocycles. The second-order valence-corrected chi connectivity index (χ2v) is 6.56. The van der Waals surface area contributed by atoms with Gasteiger partial charge in [0.25, 0.3) is 0 Å². The maximum Gasteiger partial charge on any atom is 0.122 e. The van der Waals surface area contributed by atoms with Gasteiger partial charge in [-0.1, -0.05) is 32.6 Å². The highest BCUT2D eigenvalue weighted by Crippen LogP contribution is 2.28. The highest BCUT2D eigenvalue weighted by atomic mass is 35.5. The van der Waals surface area contributed by atoms with Gasteiger partial charge in [-0.15, -0.1) is 22.9 Å². The van der Waals surface area contributed by atoms with Gasteiger partial charge in [-0.2, -0.15) is 0 Å². The molecular formula is C15H24ClNOS. The first-order valence-electron chi connectivity index (χ1n) is 7.45. The van der Waals surface area contributed by atoms with Crippen LogP contribution in [0.15, 0.2) is 5.38 Å². The third kappa shape index (κ3) is 4.73. The average molecular weight is 302 g/mol. The molecule has 0 N–H and O–H groups in total. The van der Waals surface area contributed by atoms with Crippen molar-refractivity contribution in [1.29, 1.82) is 0 Å². The molecule has 19 heavy (non-hydrogen) atoms. The number of halogens is 1. The van der Waals surface area contributed by atoms with Crippen LogP contribution in [0.25, 0.3) is 0 Å². The maximum atomic E-state index is 6.14. The zero-order valence-corrected chi connectivity index (χ0v) is 13.3. The Hall–Kier alpha value is -0.120. The molecule has 2 rings (SSSR count). The summed E-state index contributed by atoms with van der Waals surface area (Å²) in [5, 5.41) is 3.13. The Balaban J connectivity index is 1.84. The van der Waals surface area contributed by atoms with Crippen LogP contribution in [-0.2, 0) is 10.6 Å². The van der Waals surface area contributed by atoms with Gasteiger partial charge in [-0.3, -0.25) is 0 Å². The number of nitrogens with zero attached hydrogens (tertiary/aromatic N) is 1. The number of aromatic nitrogens is 1. The minimum atomic E-state index is 0.158. The van der Waals surface area contributed by atoms with E-state index in [2.05, 4.69) is 11.9 Å². The van der Waals surface area contributed by atoms with Crippen molar-refractivity contribution in [1.82, 2.24) is 4.98 Å². The van der Waals surface area contributed by atoms with Gasteiger partial charge in [0.1, 0.15) is 11.1 Å². The number of ether oxygens (including phenoxy) is 1. The van der Waals surface area contributed by atoms with E-state index in [-0.39, 0.29) is 6.10 Å². The predicted octanol–water partition coefficient (Wildman–Crippen LogP) is 5.32. The zero-order valence-electron chi connectivity index (χ0n) is 11.7. The molecule has 4 heteroatoms. The number of hydrogen-bond acceptors (Lipinski definition) is 3. The summed E-state index contributed by atoms with van der Waals surface area (Å²) in [6.07, 6.45) is 9.37.